The lowest BCUT2D eigenvalue weighted by Crippen LogP contribution is -2.05. The first kappa shape index (κ1) is 30.6. The van der Waals surface area contributed by atoms with Gasteiger partial charge in [-0.2, -0.15) is 0 Å². The minimum atomic E-state index is 0.619. The number of aromatic nitrogens is 4. The highest BCUT2D eigenvalue weighted by molar-refractivity contribution is 6.13. The van der Waals surface area contributed by atoms with Gasteiger partial charge in [0.25, 0.3) is 0 Å². The third kappa shape index (κ3) is 5.36. The van der Waals surface area contributed by atoms with E-state index in [2.05, 4.69) is 174 Å². The molecule has 0 saturated heterocycles. The summed E-state index contributed by atoms with van der Waals surface area (Å²) in [4.78, 5) is 15.8. The van der Waals surface area contributed by atoms with Gasteiger partial charge in [-0.05, 0) is 51.2 Å². The lowest BCUT2D eigenvalue weighted by molar-refractivity contribution is 1.07. The highest BCUT2D eigenvalue weighted by Crippen LogP contribution is 2.43. The molecule has 0 amide bonds. The maximum absolute atomic E-state index is 5.35. The van der Waals surface area contributed by atoms with Crippen molar-refractivity contribution in [3.05, 3.63) is 194 Å². The maximum atomic E-state index is 5.35. The van der Waals surface area contributed by atoms with E-state index < -0.39 is 0 Å². The Hall–Kier alpha value is -7.17. The Balaban J connectivity index is 1.30. The van der Waals surface area contributed by atoms with Crippen LogP contribution in [0.1, 0.15) is 0 Å². The molecule has 2 aromatic heterocycles. The molecule has 0 N–H and O–H groups in total. The first-order valence-corrected chi connectivity index (χ1v) is 17.9. The number of hydrogen-bond acceptors (Lipinski definition) is 3. The standard InChI is InChI=1S/C49H32N4/c1-4-16-33(17-5-1)34-28-30-37(31-29-34)48-50-47(36-20-8-3-9-21-36)51-49(52-48)46-41-25-11-10-22-38(41)42(35-18-6-2-7-19-35)32-45(46)53-43-26-14-12-23-39(43)40-24-13-15-27-44(40)53/h1-32H. The molecule has 0 atom stereocenters. The predicted octanol–water partition coefficient (Wildman–Crippen LogP) is 12.5. The van der Waals surface area contributed by atoms with E-state index in [-0.39, 0.29) is 0 Å². The molecule has 53 heavy (non-hydrogen) atoms. The van der Waals surface area contributed by atoms with Crippen molar-refractivity contribution in [2.45, 2.75) is 0 Å². The topological polar surface area (TPSA) is 43.6 Å². The van der Waals surface area contributed by atoms with Gasteiger partial charge in [-0.1, -0.05) is 176 Å². The molecule has 0 saturated carbocycles. The van der Waals surface area contributed by atoms with E-state index in [1.807, 2.05) is 24.3 Å². The normalized spacial score (nSPS) is 11.4. The highest BCUT2D eigenvalue weighted by atomic mass is 15.1. The number of nitrogens with zero attached hydrogens (tertiary/aromatic N) is 4. The summed E-state index contributed by atoms with van der Waals surface area (Å²) in [5.74, 6) is 1.87. The van der Waals surface area contributed by atoms with Crippen molar-refractivity contribution in [1.82, 2.24) is 19.5 Å². The van der Waals surface area contributed by atoms with E-state index in [4.69, 9.17) is 15.0 Å². The Morgan fingerprint density at radius 1 is 0.302 bits per heavy atom. The largest absolute Gasteiger partial charge is 0.308 e. The van der Waals surface area contributed by atoms with Crippen molar-refractivity contribution < 1.29 is 0 Å². The molecule has 4 nitrogen and oxygen atoms in total. The number of rotatable bonds is 6. The van der Waals surface area contributed by atoms with Crippen molar-refractivity contribution in [2.24, 2.45) is 0 Å². The van der Waals surface area contributed by atoms with Crippen LogP contribution in [0.2, 0.25) is 0 Å². The van der Waals surface area contributed by atoms with Crippen molar-refractivity contribution in [1.29, 1.82) is 0 Å². The van der Waals surface area contributed by atoms with Gasteiger partial charge in [-0.3, -0.25) is 0 Å². The van der Waals surface area contributed by atoms with E-state index in [0.29, 0.717) is 17.5 Å². The number of benzene rings is 8. The summed E-state index contributed by atoms with van der Waals surface area (Å²) in [6, 6.07) is 68.0. The summed E-state index contributed by atoms with van der Waals surface area (Å²) in [7, 11) is 0. The van der Waals surface area contributed by atoms with Crippen molar-refractivity contribution in [3.63, 3.8) is 0 Å². The second kappa shape index (κ2) is 12.9. The average molecular weight is 677 g/mol. The Bertz CT molecular complexity index is 2860. The van der Waals surface area contributed by atoms with Crippen LogP contribution in [-0.4, -0.2) is 19.5 Å². The van der Waals surface area contributed by atoms with E-state index in [1.165, 1.54) is 16.3 Å². The predicted molar refractivity (Wildman–Crippen MR) is 219 cm³/mol. The van der Waals surface area contributed by atoms with Crippen molar-refractivity contribution in [3.8, 4) is 62.1 Å². The van der Waals surface area contributed by atoms with Crippen LogP contribution in [-0.2, 0) is 0 Å². The second-order valence-corrected chi connectivity index (χ2v) is 13.2. The lowest BCUT2D eigenvalue weighted by atomic mass is 9.92. The first-order valence-electron chi connectivity index (χ1n) is 17.9. The molecule has 0 unspecified atom stereocenters. The first-order chi connectivity index (χ1) is 26.3. The SMILES string of the molecule is c1ccc(-c2ccc(-c3nc(-c4ccccc4)nc(-c4c(-n5c6ccccc6c6ccccc65)cc(-c5ccccc5)c5ccccc45)n3)cc2)cc1. The summed E-state index contributed by atoms with van der Waals surface area (Å²) in [5.41, 5.74) is 10.7. The van der Waals surface area contributed by atoms with Crippen LogP contribution in [0.25, 0.3) is 94.7 Å². The quantitative estimate of drug-likeness (QED) is 0.176. The number of para-hydroxylation sites is 2. The molecule has 10 aromatic rings. The molecule has 2 heterocycles. The Labute approximate surface area is 307 Å². The van der Waals surface area contributed by atoms with Gasteiger partial charge >= 0.3 is 0 Å². The van der Waals surface area contributed by atoms with Crippen LogP contribution in [0.4, 0.5) is 0 Å². The van der Waals surface area contributed by atoms with Gasteiger partial charge in [0.15, 0.2) is 17.5 Å². The maximum Gasteiger partial charge on any atom is 0.166 e. The van der Waals surface area contributed by atoms with Crippen LogP contribution in [0, 0.1) is 0 Å². The zero-order valence-corrected chi connectivity index (χ0v) is 28.8. The third-order valence-corrected chi connectivity index (χ3v) is 10.1. The fourth-order valence-electron chi connectivity index (χ4n) is 7.59. The molecule has 0 bridgehead atoms. The van der Waals surface area contributed by atoms with Gasteiger partial charge in [0.05, 0.1) is 22.3 Å². The molecule has 0 spiro atoms. The summed E-state index contributed by atoms with van der Waals surface area (Å²) in [6.45, 7) is 0. The molecule has 0 aliphatic heterocycles. The minimum absolute atomic E-state index is 0.619. The molecule has 0 radical (unpaired) electrons. The lowest BCUT2D eigenvalue weighted by Gasteiger charge is -2.20. The Kier molecular flexibility index (Phi) is 7.43. The monoisotopic (exact) mass is 676 g/mol. The zero-order chi connectivity index (χ0) is 35.1. The molecular weight excluding hydrogens is 645 g/mol. The highest BCUT2D eigenvalue weighted by Gasteiger charge is 2.23. The van der Waals surface area contributed by atoms with Gasteiger partial charge in [0, 0.05) is 21.9 Å². The summed E-state index contributed by atoms with van der Waals surface area (Å²) in [5, 5.41) is 4.60. The molecule has 248 valence electrons. The molecule has 0 fully saturated rings. The van der Waals surface area contributed by atoms with E-state index in [0.717, 1.165) is 60.9 Å². The van der Waals surface area contributed by atoms with Crippen molar-refractivity contribution in [2.75, 3.05) is 0 Å². The van der Waals surface area contributed by atoms with E-state index in [1.54, 1.807) is 0 Å². The summed E-state index contributed by atoms with van der Waals surface area (Å²) >= 11 is 0. The van der Waals surface area contributed by atoms with E-state index in [9.17, 15) is 0 Å². The van der Waals surface area contributed by atoms with Gasteiger partial charge < -0.3 is 4.57 Å². The van der Waals surface area contributed by atoms with Crippen molar-refractivity contribution >= 4 is 32.6 Å². The Morgan fingerprint density at radius 3 is 1.28 bits per heavy atom. The fourth-order valence-corrected chi connectivity index (χ4v) is 7.59. The van der Waals surface area contributed by atoms with Gasteiger partial charge in [0.2, 0.25) is 0 Å². The van der Waals surface area contributed by atoms with Crippen LogP contribution < -0.4 is 0 Å². The minimum Gasteiger partial charge on any atom is -0.308 e. The fraction of sp³-hybridized carbons (Fsp3) is 0. The zero-order valence-electron chi connectivity index (χ0n) is 28.8. The van der Waals surface area contributed by atoms with Gasteiger partial charge in [-0.25, -0.2) is 15.0 Å². The molecule has 0 aliphatic rings. The smallest absolute Gasteiger partial charge is 0.166 e. The van der Waals surface area contributed by atoms with Crippen LogP contribution in [0.3, 0.4) is 0 Å². The van der Waals surface area contributed by atoms with Gasteiger partial charge in [0.1, 0.15) is 0 Å². The third-order valence-electron chi connectivity index (χ3n) is 10.1. The van der Waals surface area contributed by atoms with Crippen LogP contribution in [0.5, 0.6) is 0 Å². The molecule has 0 aliphatic carbocycles. The molecule has 8 aromatic carbocycles. The van der Waals surface area contributed by atoms with Crippen LogP contribution in [0.15, 0.2) is 194 Å². The van der Waals surface area contributed by atoms with Gasteiger partial charge in [-0.15, -0.1) is 0 Å². The number of hydrogen-bond donors (Lipinski definition) is 0. The molecule has 10 rings (SSSR count). The molecule has 4 heteroatoms. The molecular formula is C49H32N4. The van der Waals surface area contributed by atoms with Crippen LogP contribution >= 0.6 is 0 Å². The summed E-state index contributed by atoms with van der Waals surface area (Å²) < 4.78 is 2.39. The summed E-state index contributed by atoms with van der Waals surface area (Å²) in [6.07, 6.45) is 0. The number of fused-ring (bicyclic) bond motifs is 4. The average Bonchev–Trinajstić information content (AvgIpc) is 3.58. The second-order valence-electron chi connectivity index (χ2n) is 13.2. The Morgan fingerprint density at radius 2 is 0.698 bits per heavy atom. The van der Waals surface area contributed by atoms with E-state index >= 15 is 0 Å².